The molecule has 0 aliphatic carbocycles. The second-order valence-corrected chi connectivity index (χ2v) is 5.01. The first kappa shape index (κ1) is 13.6. The molecule has 0 radical (unpaired) electrons. The molecule has 1 rings (SSSR count). The van der Waals surface area contributed by atoms with Gasteiger partial charge in [-0.25, -0.2) is 4.79 Å². The molecule has 1 heterocycles. The normalized spacial score (nSPS) is 13.2. The molecule has 1 aromatic heterocycles. The van der Waals surface area contributed by atoms with Gasteiger partial charge >= 0.3 is 6.03 Å². The largest absolute Gasteiger partial charge is 0.467 e. The van der Waals surface area contributed by atoms with Crippen molar-refractivity contribution in [1.82, 2.24) is 10.6 Å². The lowest BCUT2D eigenvalue weighted by Gasteiger charge is -2.29. The van der Waals surface area contributed by atoms with Crippen molar-refractivity contribution in [3.63, 3.8) is 0 Å². The molecule has 17 heavy (non-hydrogen) atoms. The number of nitrogens with one attached hydrogen (secondary N) is 2. The maximum atomic E-state index is 11.6. The third-order valence-electron chi connectivity index (χ3n) is 2.54. The third-order valence-corrected chi connectivity index (χ3v) is 2.54. The Hall–Kier alpha value is -1.49. The predicted octanol–water partition coefficient (Wildman–Crippen LogP) is 1.49. The van der Waals surface area contributed by atoms with E-state index in [2.05, 4.69) is 10.6 Å². The Bertz CT molecular complexity index is 341. The van der Waals surface area contributed by atoms with Gasteiger partial charge in [-0.2, -0.15) is 0 Å². The molecule has 0 aliphatic rings. The summed E-state index contributed by atoms with van der Waals surface area (Å²) < 4.78 is 5.09. The minimum absolute atomic E-state index is 0.0856. The van der Waals surface area contributed by atoms with E-state index in [-0.39, 0.29) is 24.1 Å². The minimum Gasteiger partial charge on any atom is -0.467 e. The van der Waals surface area contributed by atoms with Crippen LogP contribution in [0.1, 0.15) is 26.5 Å². The first-order valence-corrected chi connectivity index (χ1v) is 5.61. The summed E-state index contributed by atoms with van der Waals surface area (Å²) in [6.45, 7) is 6.13. The molecule has 1 atom stereocenters. The van der Waals surface area contributed by atoms with E-state index >= 15 is 0 Å². The van der Waals surface area contributed by atoms with Crippen LogP contribution in [0, 0.1) is 5.41 Å². The number of aliphatic hydroxyl groups is 1. The summed E-state index contributed by atoms with van der Waals surface area (Å²) in [5.41, 5.74) is -0.184. The summed E-state index contributed by atoms with van der Waals surface area (Å²) in [5.74, 6) is 0.691. The SMILES string of the molecule is CC(C)(C)C(CO)NC(=O)NCc1ccco1. The van der Waals surface area contributed by atoms with E-state index in [0.717, 1.165) is 0 Å². The van der Waals surface area contributed by atoms with Crippen molar-refractivity contribution in [3.8, 4) is 0 Å². The fourth-order valence-electron chi connectivity index (χ4n) is 1.33. The molecule has 1 unspecified atom stereocenters. The second kappa shape index (κ2) is 5.72. The standard InChI is InChI=1S/C12H20N2O3/c1-12(2,3)10(8-15)14-11(16)13-7-9-5-4-6-17-9/h4-6,10,15H,7-8H2,1-3H3,(H2,13,14,16). The number of amides is 2. The van der Waals surface area contributed by atoms with Gasteiger partial charge in [0.05, 0.1) is 25.5 Å². The number of hydrogen-bond donors (Lipinski definition) is 3. The second-order valence-electron chi connectivity index (χ2n) is 5.01. The fraction of sp³-hybridized carbons (Fsp3) is 0.583. The van der Waals surface area contributed by atoms with Gasteiger partial charge in [0.2, 0.25) is 0 Å². The lowest BCUT2D eigenvalue weighted by molar-refractivity contribution is 0.158. The molecule has 1 aromatic rings. The quantitative estimate of drug-likeness (QED) is 0.746. The third kappa shape index (κ3) is 4.48. The summed E-state index contributed by atoms with van der Waals surface area (Å²) in [6.07, 6.45) is 1.56. The highest BCUT2D eigenvalue weighted by Crippen LogP contribution is 2.18. The van der Waals surface area contributed by atoms with Gasteiger partial charge in [-0.05, 0) is 17.5 Å². The average Bonchev–Trinajstić information content (AvgIpc) is 2.74. The maximum absolute atomic E-state index is 11.6. The van der Waals surface area contributed by atoms with E-state index in [1.54, 1.807) is 18.4 Å². The van der Waals surface area contributed by atoms with Gasteiger partial charge in [-0.15, -0.1) is 0 Å². The van der Waals surface area contributed by atoms with Crippen molar-refractivity contribution in [2.45, 2.75) is 33.4 Å². The summed E-state index contributed by atoms with van der Waals surface area (Å²) in [6, 6.07) is 2.96. The van der Waals surface area contributed by atoms with Crippen molar-refractivity contribution in [3.05, 3.63) is 24.2 Å². The van der Waals surface area contributed by atoms with Gasteiger partial charge in [0.1, 0.15) is 5.76 Å². The molecule has 0 fully saturated rings. The first-order chi connectivity index (χ1) is 7.93. The molecule has 2 amide bonds. The van der Waals surface area contributed by atoms with E-state index in [9.17, 15) is 9.90 Å². The lowest BCUT2D eigenvalue weighted by atomic mass is 9.87. The van der Waals surface area contributed by atoms with Crippen LogP contribution in [0.4, 0.5) is 4.79 Å². The van der Waals surface area contributed by atoms with Crippen molar-refractivity contribution in [2.75, 3.05) is 6.61 Å². The zero-order valence-corrected chi connectivity index (χ0v) is 10.5. The Balaban J connectivity index is 2.38. The Morgan fingerprint density at radius 2 is 2.24 bits per heavy atom. The van der Waals surface area contributed by atoms with E-state index in [1.807, 2.05) is 20.8 Å². The molecule has 0 spiro atoms. The summed E-state index contributed by atoms with van der Waals surface area (Å²) in [7, 11) is 0. The van der Waals surface area contributed by atoms with Gasteiger partial charge < -0.3 is 20.2 Å². The molecule has 0 saturated heterocycles. The van der Waals surface area contributed by atoms with Crippen LogP contribution in [0.3, 0.4) is 0 Å². The van der Waals surface area contributed by atoms with Crippen LogP contribution < -0.4 is 10.6 Å². The van der Waals surface area contributed by atoms with Crippen LogP contribution in [-0.2, 0) is 6.54 Å². The zero-order chi connectivity index (χ0) is 12.9. The number of furan rings is 1. The van der Waals surface area contributed by atoms with Gasteiger partial charge in [-0.3, -0.25) is 0 Å². The number of carbonyl (C=O) groups is 1. The number of aliphatic hydroxyl groups excluding tert-OH is 1. The Kier molecular flexibility index (Phi) is 4.57. The monoisotopic (exact) mass is 240 g/mol. The lowest BCUT2D eigenvalue weighted by Crippen LogP contribution is -2.49. The average molecular weight is 240 g/mol. The highest BCUT2D eigenvalue weighted by molar-refractivity contribution is 5.74. The molecular weight excluding hydrogens is 220 g/mol. The maximum Gasteiger partial charge on any atom is 0.315 e. The van der Waals surface area contributed by atoms with Crippen LogP contribution >= 0.6 is 0 Å². The molecule has 3 N–H and O–H groups in total. The van der Waals surface area contributed by atoms with Gasteiger partial charge in [0, 0.05) is 0 Å². The molecule has 0 aromatic carbocycles. The Morgan fingerprint density at radius 1 is 1.53 bits per heavy atom. The smallest absolute Gasteiger partial charge is 0.315 e. The first-order valence-electron chi connectivity index (χ1n) is 5.61. The molecule has 5 nitrogen and oxygen atoms in total. The van der Waals surface area contributed by atoms with Crippen molar-refractivity contribution in [2.24, 2.45) is 5.41 Å². The molecular formula is C12H20N2O3. The summed E-state index contributed by atoms with van der Waals surface area (Å²) in [4.78, 5) is 11.6. The molecule has 0 saturated carbocycles. The van der Waals surface area contributed by atoms with Crippen LogP contribution in [0.25, 0.3) is 0 Å². The fourth-order valence-corrected chi connectivity index (χ4v) is 1.33. The minimum atomic E-state index is -0.310. The Morgan fingerprint density at radius 3 is 2.71 bits per heavy atom. The van der Waals surface area contributed by atoms with Crippen LogP contribution in [0.5, 0.6) is 0 Å². The van der Waals surface area contributed by atoms with Crippen LogP contribution in [-0.4, -0.2) is 23.8 Å². The van der Waals surface area contributed by atoms with E-state index < -0.39 is 0 Å². The zero-order valence-electron chi connectivity index (χ0n) is 10.5. The van der Waals surface area contributed by atoms with E-state index in [4.69, 9.17) is 4.42 Å². The van der Waals surface area contributed by atoms with Gasteiger partial charge in [-0.1, -0.05) is 20.8 Å². The molecule has 96 valence electrons. The number of urea groups is 1. The predicted molar refractivity (Wildman–Crippen MR) is 64.4 cm³/mol. The number of hydrogen-bond acceptors (Lipinski definition) is 3. The Labute approximate surface area is 101 Å². The highest BCUT2D eigenvalue weighted by Gasteiger charge is 2.25. The topological polar surface area (TPSA) is 74.5 Å². The van der Waals surface area contributed by atoms with E-state index in [0.29, 0.717) is 12.3 Å². The molecule has 5 heteroatoms. The summed E-state index contributed by atoms with van der Waals surface area (Å²) >= 11 is 0. The van der Waals surface area contributed by atoms with Gasteiger partial charge in [0.15, 0.2) is 0 Å². The van der Waals surface area contributed by atoms with E-state index in [1.165, 1.54) is 0 Å². The van der Waals surface area contributed by atoms with Crippen LogP contribution in [0.15, 0.2) is 22.8 Å². The molecule has 0 aliphatic heterocycles. The van der Waals surface area contributed by atoms with Crippen molar-refractivity contribution < 1.29 is 14.3 Å². The molecule has 0 bridgehead atoms. The van der Waals surface area contributed by atoms with Gasteiger partial charge in [0.25, 0.3) is 0 Å². The highest BCUT2D eigenvalue weighted by atomic mass is 16.3. The van der Waals surface area contributed by atoms with Crippen LogP contribution in [0.2, 0.25) is 0 Å². The number of rotatable bonds is 4. The number of carbonyl (C=O) groups excluding carboxylic acids is 1. The van der Waals surface area contributed by atoms with Crippen molar-refractivity contribution in [1.29, 1.82) is 0 Å². The summed E-state index contributed by atoms with van der Waals surface area (Å²) in [5, 5.41) is 14.6. The van der Waals surface area contributed by atoms with Crippen molar-refractivity contribution >= 4 is 6.03 Å².